The maximum atomic E-state index is 13.9. The van der Waals surface area contributed by atoms with E-state index in [0.717, 1.165) is 37.4 Å². The van der Waals surface area contributed by atoms with Gasteiger partial charge in [-0.3, -0.25) is 9.69 Å². The molecular formula is C28H29Cl2FN2O3. The van der Waals surface area contributed by atoms with Gasteiger partial charge in [0.25, 0.3) is 0 Å². The lowest BCUT2D eigenvalue weighted by Crippen LogP contribution is -2.49. The average molecular weight is 531 g/mol. The van der Waals surface area contributed by atoms with Gasteiger partial charge in [0.05, 0.1) is 15.6 Å². The van der Waals surface area contributed by atoms with E-state index in [1.54, 1.807) is 6.07 Å². The topological polar surface area (TPSA) is 53.0 Å². The summed E-state index contributed by atoms with van der Waals surface area (Å²) < 4.78 is 19.7. The van der Waals surface area contributed by atoms with Crippen LogP contribution in [0, 0.1) is 5.82 Å². The van der Waals surface area contributed by atoms with Crippen LogP contribution in [0.25, 0.3) is 0 Å². The molecule has 0 spiro atoms. The van der Waals surface area contributed by atoms with Crippen molar-refractivity contribution in [2.75, 3.05) is 44.2 Å². The predicted octanol–water partition coefficient (Wildman–Crippen LogP) is 5.51. The van der Waals surface area contributed by atoms with Gasteiger partial charge in [0.2, 0.25) is 0 Å². The van der Waals surface area contributed by atoms with E-state index >= 15 is 0 Å². The van der Waals surface area contributed by atoms with E-state index in [2.05, 4.69) is 9.80 Å². The van der Waals surface area contributed by atoms with E-state index in [4.69, 9.17) is 27.9 Å². The second-order valence-corrected chi connectivity index (χ2v) is 9.71. The quantitative estimate of drug-likeness (QED) is 0.350. The second-order valence-electron chi connectivity index (χ2n) is 8.90. The van der Waals surface area contributed by atoms with Crippen LogP contribution in [0.2, 0.25) is 10.0 Å². The Morgan fingerprint density at radius 3 is 2.44 bits per heavy atom. The van der Waals surface area contributed by atoms with Gasteiger partial charge in [0.1, 0.15) is 24.3 Å². The number of Topliss-reactive ketones (excluding diaryl/α,β-unsaturated/α-hetero) is 1. The number of nitrogens with zero attached hydrogens (tertiary/aromatic N) is 2. The molecule has 0 amide bonds. The first-order chi connectivity index (χ1) is 17.4. The molecule has 0 aliphatic carbocycles. The third-order valence-electron chi connectivity index (χ3n) is 6.27. The minimum Gasteiger partial charge on any atom is -0.490 e. The number of ketones is 1. The number of carbonyl (C=O) groups is 1. The fourth-order valence-corrected chi connectivity index (χ4v) is 4.58. The Bertz CT molecular complexity index is 1170. The van der Waals surface area contributed by atoms with Crippen molar-refractivity contribution >= 4 is 34.7 Å². The minimum absolute atomic E-state index is 0.0115. The van der Waals surface area contributed by atoms with Gasteiger partial charge in [-0.2, -0.15) is 0 Å². The summed E-state index contributed by atoms with van der Waals surface area (Å²) in [5, 5.41) is 11.6. The summed E-state index contributed by atoms with van der Waals surface area (Å²) in [6.07, 6.45) is 0.0564. The molecule has 1 aliphatic rings. The first kappa shape index (κ1) is 26.4. The molecule has 3 aromatic carbocycles. The van der Waals surface area contributed by atoms with Gasteiger partial charge in [-0.15, -0.1) is 0 Å². The number of benzene rings is 3. The van der Waals surface area contributed by atoms with Gasteiger partial charge < -0.3 is 14.7 Å². The van der Waals surface area contributed by atoms with Gasteiger partial charge in [-0.1, -0.05) is 53.5 Å². The van der Waals surface area contributed by atoms with E-state index in [1.807, 2.05) is 42.5 Å². The van der Waals surface area contributed by atoms with Crippen LogP contribution >= 0.6 is 23.2 Å². The Balaban J connectivity index is 1.27. The molecule has 1 N–H and O–H groups in total. The molecule has 8 heteroatoms. The first-order valence-corrected chi connectivity index (χ1v) is 12.7. The molecule has 4 rings (SSSR count). The number of halogens is 3. The Morgan fingerprint density at radius 1 is 0.972 bits per heavy atom. The number of carbonyl (C=O) groups excluding carboxylic acids is 1. The van der Waals surface area contributed by atoms with Crippen LogP contribution in [-0.2, 0) is 6.42 Å². The Hall–Kier alpha value is -2.64. The zero-order valence-electron chi connectivity index (χ0n) is 19.9. The molecule has 1 heterocycles. The third kappa shape index (κ3) is 7.20. The highest BCUT2D eigenvalue weighted by Crippen LogP contribution is 2.28. The number of ether oxygens (including phenoxy) is 1. The van der Waals surface area contributed by atoms with E-state index in [1.165, 1.54) is 18.2 Å². The Labute approximate surface area is 221 Å². The molecule has 0 radical (unpaired) electrons. The maximum Gasteiger partial charge on any atom is 0.167 e. The molecule has 1 unspecified atom stereocenters. The lowest BCUT2D eigenvalue weighted by atomic mass is 10.0. The minimum atomic E-state index is -0.751. The summed E-state index contributed by atoms with van der Waals surface area (Å²) in [4.78, 5) is 17.2. The number of hydrogen-bond acceptors (Lipinski definition) is 5. The van der Waals surface area contributed by atoms with Crippen molar-refractivity contribution in [1.82, 2.24) is 4.90 Å². The molecule has 0 saturated carbocycles. The summed E-state index contributed by atoms with van der Waals surface area (Å²) in [6, 6.07) is 19.2. The van der Waals surface area contributed by atoms with E-state index in [0.29, 0.717) is 23.0 Å². The first-order valence-electron chi connectivity index (χ1n) is 12.0. The number of rotatable bonds is 10. The molecular weight excluding hydrogens is 502 g/mol. The van der Waals surface area contributed by atoms with E-state index in [9.17, 15) is 14.3 Å². The molecule has 1 saturated heterocycles. The number of aryl methyl sites for hydroxylation is 1. The highest BCUT2D eigenvalue weighted by atomic mass is 35.5. The molecule has 190 valence electrons. The van der Waals surface area contributed by atoms with E-state index in [-0.39, 0.29) is 30.1 Å². The fourth-order valence-electron chi connectivity index (χ4n) is 4.29. The normalized spacial score (nSPS) is 15.1. The van der Waals surface area contributed by atoms with Crippen molar-refractivity contribution in [3.05, 3.63) is 93.7 Å². The van der Waals surface area contributed by atoms with Gasteiger partial charge >= 0.3 is 0 Å². The zero-order chi connectivity index (χ0) is 25.5. The molecule has 1 fully saturated rings. The summed E-state index contributed by atoms with van der Waals surface area (Å²) in [7, 11) is 0. The van der Waals surface area contributed by atoms with Crippen LogP contribution in [0.15, 0.2) is 66.7 Å². The standard InChI is InChI=1S/C28H29Cl2FN2O3/c29-25-9-8-22(17-26(25)30)33-14-12-32(13-15-33)18-23(34)19-36-28-11-7-21(31)16-24(28)27(35)10-6-20-4-2-1-3-5-20/h1-5,7-9,11,16-17,23,34H,6,10,12-15,18-19H2. The highest BCUT2D eigenvalue weighted by molar-refractivity contribution is 6.42. The van der Waals surface area contributed by atoms with Crippen LogP contribution in [0.4, 0.5) is 10.1 Å². The van der Waals surface area contributed by atoms with Crippen LogP contribution < -0.4 is 9.64 Å². The number of hydrogen-bond donors (Lipinski definition) is 1. The molecule has 3 aromatic rings. The highest BCUT2D eigenvalue weighted by Gasteiger charge is 2.21. The maximum absolute atomic E-state index is 13.9. The number of aliphatic hydroxyl groups is 1. The van der Waals surface area contributed by atoms with Crippen molar-refractivity contribution in [2.24, 2.45) is 0 Å². The van der Waals surface area contributed by atoms with Gasteiger partial charge in [-0.25, -0.2) is 4.39 Å². The van der Waals surface area contributed by atoms with Crippen LogP contribution in [0.1, 0.15) is 22.3 Å². The molecule has 1 atom stereocenters. The van der Waals surface area contributed by atoms with Crippen LogP contribution in [-0.4, -0.2) is 61.2 Å². The summed E-state index contributed by atoms with van der Waals surface area (Å²) >= 11 is 12.2. The lowest BCUT2D eigenvalue weighted by molar-refractivity contribution is 0.0655. The number of piperazine rings is 1. The Kier molecular flexibility index (Phi) is 9.21. The van der Waals surface area contributed by atoms with Crippen LogP contribution in [0.5, 0.6) is 5.75 Å². The van der Waals surface area contributed by atoms with Crippen molar-refractivity contribution in [3.63, 3.8) is 0 Å². The summed E-state index contributed by atoms with van der Waals surface area (Å²) in [5.41, 5.74) is 2.27. The van der Waals surface area contributed by atoms with Crippen molar-refractivity contribution in [3.8, 4) is 5.75 Å². The summed E-state index contributed by atoms with van der Waals surface area (Å²) in [6.45, 7) is 3.59. The largest absolute Gasteiger partial charge is 0.490 e. The smallest absolute Gasteiger partial charge is 0.167 e. The van der Waals surface area contributed by atoms with Crippen LogP contribution in [0.3, 0.4) is 0 Å². The summed E-state index contributed by atoms with van der Waals surface area (Å²) in [5.74, 6) is -0.398. The SMILES string of the molecule is O=C(CCc1ccccc1)c1cc(F)ccc1OCC(O)CN1CCN(c2ccc(Cl)c(Cl)c2)CC1. The second kappa shape index (κ2) is 12.5. The van der Waals surface area contributed by atoms with Gasteiger partial charge in [0, 0.05) is 44.8 Å². The Morgan fingerprint density at radius 2 is 1.72 bits per heavy atom. The predicted molar refractivity (Wildman–Crippen MR) is 142 cm³/mol. The van der Waals surface area contributed by atoms with E-state index < -0.39 is 11.9 Å². The molecule has 5 nitrogen and oxygen atoms in total. The number of β-amino-alcohol motifs (C(OH)–C–C–N with tert-alkyl or cyclic N) is 1. The van der Waals surface area contributed by atoms with Crippen molar-refractivity contribution in [2.45, 2.75) is 18.9 Å². The molecule has 1 aliphatic heterocycles. The number of aliphatic hydroxyl groups excluding tert-OH is 1. The van der Waals surface area contributed by atoms with Crippen molar-refractivity contribution < 1.29 is 19.0 Å². The molecule has 0 bridgehead atoms. The molecule has 0 aromatic heterocycles. The van der Waals surface area contributed by atoms with Crippen molar-refractivity contribution in [1.29, 1.82) is 0 Å². The molecule has 36 heavy (non-hydrogen) atoms. The average Bonchev–Trinajstić information content (AvgIpc) is 2.89. The van der Waals surface area contributed by atoms with Gasteiger partial charge in [0.15, 0.2) is 5.78 Å². The lowest BCUT2D eigenvalue weighted by Gasteiger charge is -2.37. The fraction of sp³-hybridized carbons (Fsp3) is 0.321. The van der Waals surface area contributed by atoms with Gasteiger partial charge in [-0.05, 0) is 48.4 Å². The third-order valence-corrected chi connectivity index (χ3v) is 7.01. The zero-order valence-corrected chi connectivity index (χ0v) is 21.4. The number of anilines is 1. The monoisotopic (exact) mass is 530 g/mol.